The van der Waals surface area contributed by atoms with Crippen molar-refractivity contribution >= 4 is 0 Å². The number of hydrogen-bond acceptors (Lipinski definition) is 4. The summed E-state index contributed by atoms with van der Waals surface area (Å²) >= 11 is 0. The molecule has 0 aliphatic carbocycles. The fourth-order valence-electron chi connectivity index (χ4n) is 1.90. The minimum Gasteiger partial charge on any atom is -0.496 e. The van der Waals surface area contributed by atoms with Crippen molar-refractivity contribution < 1.29 is 14.2 Å². The van der Waals surface area contributed by atoms with Crippen LogP contribution in [-0.2, 0) is 0 Å². The fourth-order valence-corrected chi connectivity index (χ4v) is 1.90. The van der Waals surface area contributed by atoms with Crippen LogP contribution in [0.15, 0.2) is 24.3 Å². The van der Waals surface area contributed by atoms with E-state index in [0.29, 0.717) is 17.2 Å². The van der Waals surface area contributed by atoms with Crippen LogP contribution in [0.2, 0.25) is 0 Å². The van der Waals surface area contributed by atoms with Crippen LogP contribution < -0.4 is 19.9 Å². The molecular formula is C15H23NO3. The van der Waals surface area contributed by atoms with E-state index in [4.69, 9.17) is 19.9 Å². The van der Waals surface area contributed by atoms with Crippen molar-refractivity contribution in [3.63, 3.8) is 0 Å². The van der Waals surface area contributed by atoms with Crippen molar-refractivity contribution in [1.82, 2.24) is 0 Å². The number of nitrogens with two attached hydrogens (primary N) is 1. The van der Waals surface area contributed by atoms with Gasteiger partial charge in [0, 0.05) is 17.7 Å². The van der Waals surface area contributed by atoms with Crippen molar-refractivity contribution in [2.45, 2.75) is 25.8 Å². The molecule has 1 aromatic carbocycles. The molecule has 0 bridgehead atoms. The summed E-state index contributed by atoms with van der Waals surface area (Å²) in [6.45, 7) is 5.89. The van der Waals surface area contributed by atoms with Gasteiger partial charge in [-0.3, -0.25) is 0 Å². The first-order chi connectivity index (χ1) is 9.03. The Kier molecular flexibility index (Phi) is 5.70. The zero-order valence-corrected chi connectivity index (χ0v) is 12.2. The Morgan fingerprint density at radius 3 is 2.11 bits per heavy atom. The zero-order chi connectivity index (χ0) is 14.4. The molecule has 0 fully saturated rings. The maximum absolute atomic E-state index is 6.22. The Labute approximate surface area is 115 Å². The van der Waals surface area contributed by atoms with Gasteiger partial charge in [-0.1, -0.05) is 5.57 Å². The molecule has 0 spiro atoms. The van der Waals surface area contributed by atoms with Crippen molar-refractivity contribution in [3.05, 3.63) is 29.8 Å². The van der Waals surface area contributed by atoms with Gasteiger partial charge in [0.1, 0.15) is 5.75 Å². The lowest BCUT2D eigenvalue weighted by atomic mass is 9.99. The Morgan fingerprint density at radius 2 is 1.63 bits per heavy atom. The molecule has 19 heavy (non-hydrogen) atoms. The minimum atomic E-state index is -0.119. The lowest BCUT2D eigenvalue weighted by Crippen LogP contribution is -2.12. The molecule has 0 saturated carbocycles. The summed E-state index contributed by atoms with van der Waals surface area (Å²) in [6, 6.07) is 3.56. The number of methoxy groups -OCH3 is 3. The molecule has 1 atom stereocenters. The van der Waals surface area contributed by atoms with Crippen molar-refractivity contribution in [2.24, 2.45) is 5.73 Å². The van der Waals surface area contributed by atoms with Crippen LogP contribution in [-0.4, -0.2) is 21.3 Å². The van der Waals surface area contributed by atoms with Crippen LogP contribution in [0.25, 0.3) is 0 Å². The molecule has 0 aromatic heterocycles. The van der Waals surface area contributed by atoms with Gasteiger partial charge in [0.05, 0.1) is 21.3 Å². The molecule has 0 aliphatic heterocycles. The van der Waals surface area contributed by atoms with E-state index in [1.165, 1.54) is 0 Å². The summed E-state index contributed by atoms with van der Waals surface area (Å²) in [5.74, 6) is 2.01. The summed E-state index contributed by atoms with van der Waals surface area (Å²) in [5, 5.41) is 0. The lowest BCUT2D eigenvalue weighted by molar-refractivity contribution is 0.346. The molecule has 1 unspecified atom stereocenters. The van der Waals surface area contributed by atoms with Gasteiger partial charge in [-0.15, -0.1) is 6.58 Å². The predicted octanol–water partition coefficient (Wildman–Crippen LogP) is 3.07. The average Bonchev–Trinajstić information content (AvgIpc) is 2.42. The minimum absolute atomic E-state index is 0.119. The second-order valence-corrected chi connectivity index (χ2v) is 4.55. The number of hydrogen-bond donors (Lipinski definition) is 1. The van der Waals surface area contributed by atoms with E-state index < -0.39 is 0 Å². The highest BCUT2D eigenvalue weighted by Crippen LogP contribution is 2.38. The smallest absolute Gasteiger partial charge is 0.164 e. The molecule has 0 amide bonds. The van der Waals surface area contributed by atoms with Gasteiger partial charge in [0.15, 0.2) is 11.5 Å². The van der Waals surface area contributed by atoms with E-state index in [0.717, 1.165) is 24.0 Å². The molecule has 4 nitrogen and oxygen atoms in total. The van der Waals surface area contributed by atoms with Gasteiger partial charge in [-0.2, -0.15) is 0 Å². The molecule has 1 aromatic rings. The topological polar surface area (TPSA) is 53.7 Å². The Hall–Kier alpha value is -1.68. The van der Waals surface area contributed by atoms with Crippen LogP contribution in [0.1, 0.15) is 31.4 Å². The average molecular weight is 265 g/mol. The highest BCUT2D eigenvalue weighted by Gasteiger charge is 2.17. The molecule has 0 radical (unpaired) electrons. The number of ether oxygens (including phenoxy) is 3. The van der Waals surface area contributed by atoms with Crippen LogP contribution in [0.5, 0.6) is 17.2 Å². The van der Waals surface area contributed by atoms with Gasteiger partial charge < -0.3 is 19.9 Å². The van der Waals surface area contributed by atoms with Crippen LogP contribution in [0, 0.1) is 0 Å². The monoisotopic (exact) mass is 265 g/mol. The Morgan fingerprint density at radius 1 is 1.11 bits per heavy atom. The quantitative estimate of drug-likeness (QED) is 0.770. The van der Waals surface area contributed by atoms with Gasteiger partial charge in [0.2, 0.25) is 0 Å². The van der Waals surface area contributed by atoms with Gasteiger partial charge in [-0.25, -0.2) is 0 Å². The molecule has 0 heterocycles. The standard InChI is InChI=1S/C15H23NO3/c1-10(2)6-7-12(16)11-8-14(18-4)15(19-5)9-13(11)17-3/h8-9,12H,1,6-7,16H2,2-5H3. The Bertz CT molecular complexity index is 443. The van der Waals surface area contributed by atoms with Gasteiger partial charge in [-0.05, 0) is 25.8 Å². The Balaban J connectivity index is 3.06. The third-order valence-electron chi connectivity index (χ3n) is 3.02. The highest BCUT2D eigenvalue weighted by atomic mass is 16.5. The van der Waals surface area contributed by atoms with Gasteiger partial charge in [0.25, 0.3) is 0 Å². The summed E-state index contributed by atoms with van der Waals surface area (Å²) in [6.07, 6.45) is 1.71. The fraction of sp³-hybridized carbons (Fsp3) is 0.467. The van der Waals surface area contributed by atoms with Crippen LogP contribution >= 0.6 is 0 Å². The first-order valence-electron chi connectivity index (χ1n) is 6.23. The van der Waals surface area contributed by atoms with E-state index in [9.17, 15) is 0 Å². The molecule has 2 N–H and O–H groups in total. The molecule has 0 aliphatic rings. The van der Waals surface area contributed by atoms with E-state index in [2.05, 4.69) is 6.58 Å². The largest absolute Gasteiger partial charge is 0.496 e. The maximum atomic E-state index is 6.22. The summed E-state index contributed by atoms with van der Waals surface area (Å²) in [4.78, 5) is 0. The first-order valence-corrected chi connectivity index (χ1v) is 6.23. The van der Waals surface area contributed by atoms with Crippen molar-refractivity contribution in [2.75, 3.05) is 21.3 Å². The highest BCUT2D eigenvalue weighted by molar-refractivity contribution is 5.51. The van der Waals surface area contributed by atoms with Crippen molar-refractivity contribution in [1.29, 1.82) is 0 Å². The molecule has 106 valence electrons. The lowest BCUT2D eigenvalue weighted by Gasteiger charge is -2.18. The maximum Gasteiger partial charge on any atom is 0.164 e. The number of rotatable bonds is 7. The second kappa shape index (κ2) is 7.04. The number of allylic oxidation sites excluding steroid dienone is 1. The molecular weight excluding hydrogens is 242 g/mol. The van der Waals surface area contributed by atoms with Gasteiger partial charge >= 0.3 is 0 Å². The second-order valence-electron chi connectivity index (χ2n) is 4.55. The third-order valence-corrected chi connectivity index (χ3v) is 3.02. The SMILES string of the molecule is C=C(C)CCC(N)c1cc(OC)c(OC)cc1OC. The van der Waals surface area contributed by atoms with E-state index in [-0.39, 0.29) is 6.04 Å². The summed E-state index contributed by atoms with van der Waals surface area (Å²) in [5.41, 5.74) is 8.26. The summed E-state index contributed by atoms with van der Waals surface area (Å²) in [7, 11) is 4.82. The molecule has 4 heteroatoms. The molecule has 0 saturated heterocycles. The normalized spacial score (nSPS) is 11.8. The van der Waals surface area contributed by atoms with Crippen molar-refractivity contribution in [3.8, 4) is 17.2 Å². The molecule has 1 rings (SSSR count). The number of benzene rings is 1. The van der Waals surface area contributed by atoms with Crippen LogP contribution in [0.4, 0.5) is 0 Å². The third kappa shape index (κ3) is 3.89. The summed E-state index contributed by atoms with van der Waals surface area (Å²) < 4.78 is 15.9. The zero-order valence-electron chi connectivity index (χ0n) is 12.2. The van der Waals surface area contributed by atoms with E-state index in [1.807, 2.05) is 13.0 Å². The van der Waals surface area contributed by atoms with E-state index in [1.54, 1.807) is 27.4 Å². The van der Waals surface area contributed by atoms with Crippen LogP contribution in [0.3, 0.4) is 0 Å². The predicted molar refractivity (Wildman–Crippen MR) is 77.1 cm³/mol. The first kappa shape index (κ1) is 15.4. The van der Waals surface area contributed by atoms with E-state index >= 15 is 0 Å².